The van der Waals surface area contributed by atoms with Crippen LogP contribution in [0, 0.1) is 6.92 Å². The number of hydrogen-bond donors (Lipinski definition) is 1. The SMILES string of the molecule is Cc1ccoc1C(O)c1ccc(Br)cc1. The van der Waals surface area contributed by atoms with Crippen LogP contribution in [-0.4, -0.2) is 5.11 Å². The summed E-state index contributed by atoms with van der Waals surface area (Å²) in [7, 11) is 0. The molecule has 0 fully saturated rings. The van der Waals surface area contributed by atoms with E-state index in [-0.39, 0.29) is 0 Å². The lowest BCUT2D eigenvalue weighted by Crippen LogP contribution is -1.99. The fourth-order valence-electron chi connectivity index (χ4n) is 1.46. The number of aliphatic hydroxyl groups is 1. The lowest BCUT2D eigenvalue weighted by Gasteiger charge is -2.09. The normalized spacial score (nSPS) is 12.7. The van der Waals surface area contributed by atoms with Crippen LogP contribution in [0.3, 0.4) is 0 Å². The first-order chi connectivity index (χ1) is 7.18. The van der Waals surface area contributed by atoms with E-state index in [1.54, 1.807) is 6.26 Å². The molecule has 1 atom stereocenters. The Morgan fingerprint density at radius 1 is 1.20 bits per heavy atom. The van der Waals surface area contributed by atoms with Crippen molar-refractivity contribution < 1.29 is 9.52 Å². The van der Waals surface area contributed by atoms with E-state index in [1.165, 1.54) is 0 Å². The molecule has 1 aromatic carbocycles. The highest BCUT2D eigenvalue weighted by Crippen LogP contribution is 2.26. The Labute approximate surface area is 96.7 Å². The maximum atomic E-state index is 10.0. The van der Waals surface area contributed by atoms with Crippen LogP contribution in [-0.2, 0) is 0 Å². The van der Waals surface area contributed by atoms with Crippen LogP contribution < -0.4 is 0 Å². The zero-order chi connectivity index (χ0) is 10.8. The minimum atomic E-state index is -0.687. The van der Waals surface area contributed by atoms with Crippen molar-refractivity contribution in [1.82, 2.24) is 0 Å². The van der Waals surface area contributed by atoms with Gasteiger partial charge in [0.1, 0.15) is 11.9 Å². The van der Waals surface area contributed by atoms with Crippen molar-refractivity contribution in [1.29, 1.82) is 0 Å². The summed E-state index contributed by atoms with van der Waals surface area (Å²) in [5.41, 5.74) is 1.79. The Kier molecular flexibility index (Phi) is 2.93. The average Bonchev–Trinajstić information content (AvgIpc) is 2.65. The van der Waals surface area contributed by atoms with Crippen molar-refractivity contribution in [2.45, 2.75) is 13.0 Å². The van der Waals surface area contributed by atoms with Gasteiger partial charge in [0.25, 0.3) is 0 Å². The molecule has 0 aliphatic carbocycles. The molecule has 0 saturated carbocycles. The fourth-order valence-corrected chi connectivity index (χ4v) is 1.73. The first-order valence-electron chi connectivity index (χ1n) is 4.66. The van der Waals surface area contributed by atoms with Crippen molar-refractivity contribution in [3.8, 4) is 0 Å². The molecular weight excluding hydrogens is 256 g/mol. The summed E-state index contributed by atoms with van der Waals surface area (Å²) >= 11 is 3.35. The first-order valence-corrected chi connectivity index (χ1v) is 5.45. The van der Waals surface area contributed by atoms with Gasteiger partial charge in [-0.2, -0.15) is 0 Å². The largest absolute Gasteiger partial charge is 0.466 e. The average molecular weight is 267 g/mol. The van der Waals surface area contributed by atoms with Crippen molar-refractivity contribution >= 4 is 15.9 Å². The Bertz CT molecular complexity index is 445. The summed E-state index contributed by atoms with van der Waals surface area (Å²) in [5.74, 6) is 0.609. The van der Waals surface area contributed by atoms with Crippen LogP contribution in [0.15, 0.2) is 45.5 Å². The number of benzene rings is 1. The summed E-state index contributed by atoms with van der Waals surface area (Å²) in [5, 5.41) is 10.0. The summed E-state index contributed by atoms with van der Waals surface area (Å²) < 4.78 is 6.24. The van der Waals surface area contributed by atoms with E-state index in [0.717, 1.165) is 15.6 Å². The summed E-state index contributed by atoms with van der Waals surface area (Å²) in [6.07, 6.45) is 0.903. The quantitative estimate of drug-likeness (QED) is 0.904. The molecule has 0 spiro atoms. The van der Waals surface area contributed by atoms with E-state index in [9.17, 15) is 5.11 Å². The van der Waals surface area contributed by atoms with Crippen LogP contribution in [0.5, 0.6) is 0 Å². The molecule has 2 nitrogen and oxygen atoms in total. The van der Waals surface area contributed by atoms with Gasteiger partial charge in [-0.15, -0.1) is 0 Å². The summed E-state index contributed by atoms with van der Waals surface area (Å²) in [6, 6.07) is 9.39. The summed E-state index contributed by atoms with van der Waals surface area (Å²) in [4.78, 5) is 0. The van der Waals surface area contributed by atoms with E-state index in [4.69, 9.17) is 4.42 Å². The van der Waals surface area contributed by atoms with Gasteiger partial charge in [-0.1, -0.05) is 28.1 Å². The van der Waals surface area contributed by atoms with Gasteiger partial charge in [-0.25, -0.2) is 0 Å². The van der Waals surface area contributed by atoms with Crippen LogP contribution in [0.2, 0.25) is 0 Å². The molecule has 78 valence electrons. The standard InChI is InChI=1S/C12H11BrO2/c1-8-6-7-15-12(8)11(14)9-2-4-10(13)5-3-9/h2-7,11,14H,1H3. The van der Waals surface area contributed by atoms with Gasteiger partial charge in [0.05, 0.1) is 6.26 Å². The zero-order valence-electron chi connectivity index (χ0n) is 8.27. The Morgan fingerprint density at radius 2 is 1.87 bits per heavy atom. The van der Waals surface area contributed by atoms with Crippen LogP contribution in [0.4, 0.5) is 0 Å². The third-order valence-corrected chi connectivity index (χ3v) is 2.86. The second-order valence-corrected chi connectivity index (χ2v) is 4.34. The first kappa shape index (κ1) is 10.5. The molecule has 2 aromatic rings. The number of furan rings is 1. The highest BCUT2D eigenvalue weighted by molar-refractivity contribution is 9.10. The molecule has 0 aliphatic rings. The van der Waals surface area contributed by atoms with Gasteiger partial charge in [0.15, 0.2) is 0 Å². The Balaban J connectivity index is 2.32. The van der Waals surface area contributed by atoms with E-state index < -0.39 is 6.10 Å². The van der Waals surface area contributed by atoms with E-state index in [1.807, 2.05) is 37.3 Å². The molecule has 0 bridgehead atoms. The van der Waals surface area contributed by atoms with Crippen molar-refractivity contribution in [3.63, 3.8) is 0 Å². The fraction of sp³-hybridized carbons (Fsp3) is 0.167. The Hall–Kier alpha value is -1.06. The molecule has 0 aliphatic heterocycles. The van der Waals surface area contributed by atoms with Crippen molar-refractivity contribution in [2.75, 3.05) is 0 Å². The third-order valence-electron chi connectivity index (χ3n) is 2.34. The van der Waals surface area contributed by atoms with E-state index in [2.05, 4.69) is 15.9 Å². The molecular formula is C12H11BrO2. The molecule has 2 rings (SSSR count). The molecule has 0 amide bonds. The lowest BCUT2D eigenvalue weighted by molar-refractivity contribution is 0.188. The zero-order valence-corrected chi connectivity index (χ0v) is 9.86. The highest BCUT2D eigenvalue weighted by atomic mass is 79.9. The molecule has 1 heterocycles. The van der Waals surface area contributed by atoms with Gasteiger partial charge in [0, 0.05) is 4.47 Å². The lowest BCUT2D eigenvalue weighted by atomic mass is 10.1. The third kappa shape index (κ3) is 2.13. The van der Waals surface area contributed by atoms with Gasteiger partial charge >= 0.3 is 0 Å². The molecule has 1 aromatic heterocycles. The van der Waals surface area contributed by atoms with E-state index >= 15 is 0 Å². The molecule has 0 saturated heterocycles. The number of aliphatic hydroxyl groups excluding tert-OH is 1. The second kappa shape index (κ2) is 4.21. The van der Waals surface area contributed by atoms with Crippen LogP contribution in [0.25, 0.3) is 0 Å². The number of rotatable bonds is 2. The van der Waals surface area contributed by atoms with Gasteiger partial charge in [0.2, 0.25) is 0 Å². The smallest absolute Gasteiger partial charge is 0.139 e. The Morgan fingerprint density at radius 3 is 2.40 bits per heavy atom. The van der Waals surface area contributed by atoms with E-state index in [0.29, 0.717) is 5.76 Å². The number of hydrogen-bond acceptors (Lipinski definition) is 2. The van der Waals surface area contributed by atoms with Crippen LogP contribution >= 0.6 is 15.9 Å². The minimum absolute atomic E-state index is 0.609. The van der Waals surface area contributed by atoms with Crippen LogP contribution in [0.1, 0.15) is 23.0 Å². The second-order valence-electron chi connectivity index (χ2n) is 3.42. The number of aryl methyl sites for hydroxylation is 1. The molecule has 3 heteroatoms. The van der Waals surface area contributed by atoms with Gasteiger partial charge in [-0.3, -0.25) is 0 Å². The molecule has 0 radical (unpaired) electrons. The topological polar surface area (TPSA) is 33.4 Å². The predicted octanol–water partition coefficient (Wildman–Crippen LogP) is 3.43. The van der Waals surface area contributed by atoms with Gasteiger partial charge in [-0.05, 0) is 36.2 Å². The maximum absolute atomic E-state index is 10.0. The molecule has 1 N–H and O–H groups in total. The summed E-state index contributed by atoms with van der Waals surface area (Å²) in [6.45, 7) is 1.92. The highest BCUT2D eigenvalue weighted by Gasteiger charge is 2.15. The predicted molar refractivity (Wildman–Crippen MR) is 61.6 cm³/mol. The monoisotopic (exact) mass is 266 g/mol. The van der Waals surface area contributed by atoms with Crippen molar-refractivity contribution in [3.05, 3.63) is 58.0 Å². The molecule has 15 heavy (non-hydrogen) atoms. The van der Waals surface area contributed by atoms with Gasteiger partial charge < -0.3 is 9.52 Å². The molecule has 1 unspecified atom stereocenters. The van der Waals surface area contributed by atoms with Crippen molar-refractivity contribution in [2.24, 2.45) is 0 Å². The maximum Gasteiger partial charge on any atom is 0.139 e. The number of halogens is 1. The minimum Gasteiger partial charge on any atom is -0.466 e.